The fourth-order valence-corrected chi connectivity index (χ4v) is 4.82. The molecule has 0 unspecified atom stereocenters. The van der Waals surface area contributed by atoms with E-state index in [1.54, 1.807) is 28.5 Å². The predicted molar refractivity (Wildman–Crippen MR) is 139 cm³/mol. The third-order valence-electron chi connectivity index (χ3n) is 5.67. The van der Waals surface area contributed by atoms with E-state index >= 15 is 0 Å². The van der Waals surface area contributed by atoms with Gasteiger partial charge in [-0.05, 0) is 41.8 Å². The fraction of sp³-hybridized carbons (Fsp3) is 0.172. The van der Waals surface area contributed by atoms with Crippen molar-refractivity contribution in [2.24, 2.45) is 0 Å². The lowest BCUT2D eigenvalue weighted by molar-refractivity contribution is -0.144. The summed E-state index contributed by atoms with van der Waals surface area (Å²) in [6.07, 6.45) is 1.04. The van der Waals surface area contributed by atoms with Gasteiger partial charge < -0.3 is 14.4 Å². The van der Waals surface area contributed by atoms with Gasteiger partial charge in [0.05, 0.1) is 0 Å². The van der Waals surface area contributed by atoms with Crippen molar-refractivity contribution in [2.45, 2.75) is 30.4 Å². The van der Waals surface area contributed by atoms with Gasteiger partial charge in [-0.15, -0.1) is 11.8 Å². The normalized spacial score (nSPS) is 11.8. The maximum Gasteiger partial charge on any atom is 0.344 e. The van der Waals surface area contributed by atoms with Crippen molar-refractivity contribution in [1.82, 2.24) is 4.57 Å². The van der Waals surface area contributed by atoms with Crippen LogP contribution in [0.4, 0.5) is 0 Å². The van der Waals surface area contributed by atoms with Gasteiger partial charge in [-0.3, -0.25) is 4.79 Å². The molecule has 0 aliphatic heterocycles. The van der Waals surface area contributed by atoms with Crippen LogP contribution in [0.3, 0.4) is 0 Å². The van der Waals surface area contributed by atoms with E-state index in [1.807, 2.05) is 66.9 Å². The molecular formula is C29H27NO4S. The number of aliphatic carboxylic acids is 1. The van der Waals surface area contributed by atoms with Gasteiger partial charge in [0.1, 0.15) is 5.75 Å². The van der Waals surface area contributed by atoms with Crippen molar-refractivity contribution < 1.29 is 14.6 Å². The zero-order chi connectivity index (χ0) is 24.6. The van der Waals surface area contributed by atoms with Gasteiger partial charge in [0.2, 0.25) is 0 Å². The van der Waals surface area contributed by atoms with Crippen LogP contribution in [-0.4, -0.2) is 27.5 Å². The molecule has 0 fully saturated rings. The highest BCUT2D eigenvalue weighted by molar-refractivity contribution is 7.99. The molecule has 0 bridgehead atoms. The van der Waals surface area contributed by atoms with E-state index in [0.717, 1.165) is 10.5 Å². The molecule has 0 saturated carbocycles. The number of pyridine rings is 1. The van der Waals surface area contributed by atoms with E-state index in [4.69, 9.17) is 9.84 Å². The van der Waals surface area contributed by atoms with Gasteiger partial charge in [0.15, 0.2) is 6.10 Å². The molecule has 1 aromatic heterocycles. The minimum atomic E-state index is -1.01. The lowest BCUT2D eigenvalue weighted by Gasteiger charge is -2.20. The van der Waals surface area contributed by atoms with Crippen LogP contribution in [0.1, 0.15) is 29.5 Å². The topological polar surface area (TPSA) is 68.5 Å². The van der Waals surface area contributed by atoms with E-state index < -0.39 is 12.1 Å². The molecule has 1 atom stereocenters. The predicted octanol–water partition coefficient (Wildman–Crippen LogP) is 5.67. The molecule has 178 valence electrons. The average molecular weight is 486 g/mol. The second-order valence-electron chi connectivity index (χ2n) is 8.17. The second kappa shape index (κ2) is 11.6. The molecule has 35 heavy (non-hydrogen) atoms. The number of carboxylic acids is 1. The Bertz CT molecular complexity index is 1280. The van der Waals surface area contributed by atoms with Crippen LogP contribution in [0.25, 0.3) is 0 Å². The number of carboxylic acid groups (broad SMARTS) is 1. The molecule has 0 spiro atoms. The zero-order valence-corrected chi connectivity index (χ0v) is 20.2. The molecule has 0 aliphatic rings. The minimum absolute atomic E-state index is 0.0296. The molecule has 0 saturated heterocycles. The standard InChI is InChI=1S/C29H27NO4S/c1-21(29(32)33)34-25-13-8-14-26(19-25)35-18-17-30-20-24(15-16-27(30)31)28(22-9-4-2-5-10-22)23-11-6-3-7-12-23/h2-16,19-21,28H,17-18H2,1H3,(H,32,33)/t21-/m0/s1. The van der Waals surface area contributed by atoms with E-state index in [2.05, 4.69) is 24.3 Å². The van der Waals surface area contributed by atoms with Gasteiger partial charge in [-0.25, -0.2) is 4.79 Å². The summed E-state index contributed by atoms with van der Waals surface area (Å²) in [7, 11) is 0. The average Bonchev–Trinajstić information content (AvgIpc) is 2.87. The van der Waals surface area contributed by atoms with Gasteiger partial charge in [-0.2, -0.15) is 0 Å². The highest BCUT2D eigenvalue weighted by atomic mass is 32.2. The SMILES string of the molecule is C[C@H](Oc1cccc(SCCn2cc(C(c3ccccc3)c3ccccc3)ccc2=O)c1)C(=O)O. The van der Waals surface area contributed by atoms with Crippen LogP contribution in [0, 0.1) is 0 Å². The number of nitrogens with zero attached hydrogens (tertiary/aromatic N) is 1. The molecule has 0 radical (unpaired) electrons. The summed E-state index contributed by atoms with van der Waals surface area (Å²) in [5.41, 5.74) is 3.36. The van der Waals surface area contributed by atoms with Gasteiger partial charge in [0.25, 0.3) is 5.56 Å². The van der Waals surface area contributed by atoms with Crippen LogP contribution in [0.5, 0.6) is 5.75 Å². The van der Waals surface area contributed by atoms with Crippen LogP contribution < -0.4 is 10.3 Å². The number of rotatable bonds is 10. The van der Waals surface area contributed by atoms with E-state index in [9.17, 15) is 9.59 Å². The van der Waals surface area contributed by atoms with Gasteiger partial charge in [0, 0.05) is 35.4 Å². The number of ether oxygens (including phenoxy) is 1. The smallest absolute Gasteiger partial charge is 0.344 e. The summed E-state index contributed by atoms with van der Waals surface area (Å²) in [5, 5.41) is 9.05. The summed E-state index contributed by atoms with van der Waals surface area (Å²) in [6, 6.07) is 31.5. The molecule has 6 heteroatoms. The largest absolute Gasteiger partial charge is 0.479 e. The lowest BCUT2D eigenvalue weighted by atomic mass is 9.86. The number of benzene rings is 3. The first-order chi connectivity index (χ1) is 17.0. The van der Waals surface area contributed by atoms with Gasteiger partial charge in [-0.1, -0.05) is 72.8 Å². The first kappa shape index (κ1) is 24.4. The molecular weight excluding hydrogens is 458 g/mol. The van der Waals surface area contributed by atoms with Crippen molar-refractivity contribution in [3.63, 3.8) is 0 Å². The zero-order valence-electron chi connectivity index (χ0n) is 19.4. The number of carbonyl (C=O) groups is 1. The Morgan fingerprint density at radius 2 is 1.54 bits per heavy atom. The molecule has 4 rings (SSSR count). The quantitative estimate of drug-likeness (QED) is 0.293. The molecule has 3 aromatic carbocycles. The van der Waals surface area contributed by atoms with Crippen molar-refractivity contribution in [3.8, 4) is 5.75 Å². The van der Waals surface area contributed by atoms with Crippen LogP contribution in [-0.2, 0) is 11.3 Å². The Kier molecular flexibility index (Phi) is 8.06. The Morgan fingerprint density at radius 3 is 2.17 bits per heavy atom. The summed E-state index contributed by atoms with van der Waals surface area (Å²) >= 11 is 1.59. The van der Waals surface area contributed by atoms with Crippen LogP contribution >= 0.6 is 11.8 Å². The van der Waals surface area contributed by atoms with Gasteiger partial charge >= 0.3 is 5.97 Å². The van der Waals surface area contributed by atoms with Crippen molar-refractivity contribution in [3.05, 3.63) is 130 Å². The van der Waals surface area contributed by atoms with Crippen LogP contribution in [0.15, 0.2) is 113 Å². The third kappa shape index (κ3) is 6.43. The number of aromatic nitrogens is 1. The summed E-state index contributed by atoms with van der Waals surface area (Å²) in [4.78, 5) is 24.6. The van der Waals surface area contributed by atoms with E-state index in [0.29, 0.717) is 18.0 Å². The number of aryl methyl sites for hydroxylation is 1. The summed E-state index contributed by atoms with van der Waals surface area (Å²) in [5.74, 6) is 0.217. The fourth-order valence-electron chi connectivity index (χ4n) is 3.92. The molecule has 0 amide bonds. The Hall–Kier alpha value is -3.77. The number of thioether (sulfide) groups is 1. The first-order valence-electron chi connectivity index (χ1n) is 11.4. The van der Waals surface area contributed by atoms with Crippen LogP contribution in [0.2, 0.25) is 0 Å². The number of hydrogen-bond acceptors (Lipinski definition) is 4. The van der Waals surface area contributed by atoms with E-state index in [1.165, 1.54) is 18.1 Å². The Labute approximate surface area is 209 Å². The Balaban J connectivity index is 1.51. The third-order valence-corrected chi connectivity index (χ3v) is 6.65. The molecule has 0 aliphatic carbocycles. The highest BCUT2D eigenvalue weighted by Gasteiger charge is 2.17. The summed E-state index contributed by atoms with van der Waals surface area (Å²) < 4.78 is 7.22. The lowest BCUT2D eigenvalue weighted by Crippen LogP contribution is -2.22. The van der Waals surface area contributed by atoms with Crippen molar-refractivity contribution >= 4 is 17.7 Å². The molecule has 1 N–H and O–H groups in total. The highest BCUT2D eigenvalue weighted by Crippen LogP contribution is 2.31. The van der Waals surface area contributed by atoms with E-state index in [-0.39, 0.29) is 11.5 Å². The summed E-state index contributed by atoms with van der Waals surface area (Å²) in [6.45, 7) is 2.05. The maximum absolute atomic E-state index is 12.6. The monoisotopic (exact) mass is 485 g/mol. The minimum Gasteiger partial charge on any atom is -0.479 e. The molecule has 4 aromatic rings. The Morgan fingerprint density at radius 1 is 0.886 bits per heavy atom. The van der Waals surface area contributed by atoms with Crippen molar-refractivity contribution in [2.75, 3.05) is 5.75 Å². The molecule has 1 heterocycles. The molecule has 5 nitrogen and oxygen atoms in total. The first-order valence-corrected chi connectivity index (χ1v) is 12.4. The van der Waals surface area contributed by atoms with Crippen molar-refractivity contribution in [1.29, 1.82) is 0 Å². The maximum atomic E-state index is 12.6. The number of hydrogen-bond donors (Lipinski definition) is 1. The second-order valence-corrected chi connectivity index (χ2v) is 9.34.